The van der Waals surface area contributed by atoms with E-state index in [9.17, 15) is 4.79 Å². The van der Waals surface area contributed by atoms with E-state index in [1.165, 1.54) is 0 Å². The van der Waals surface area contributed by atoms with Gasteiger partial charge in [0.2, 0.25) is 0 Å². The number of methoxy groups -OCH3 is 1. The average molecular weight is 364 g/mol. The molecule has 1 aliphatic rings. The first-order valence-electron chi connectivity index (χ1n) is 8.88. The molecular formula is C22H20O5. The maximum Gasteiger partial charge on any atom is 0.303 e. The van der Waals surface area contributed by atoms with E-state index in [1.54, 1.807) is 7.11 Å². The zero-order chi connectivity index (χ0) is 18.8. The van der Waals surface area contributed by atoms with Crippen LogP contribution in [0.25, 0.3) is 21.9 Å². The quantitative estimate of drug-likeness (QED) is 0.731. The first-order valence-corrected chi connectivity index (χ1v) is 8.88. The second kappa shape index (κ2) is 7.19. The molecule has 0 bridgehead atoms. The number of aliphatic carboxylic acids is 1. The fraction of sp³-hybridized carbons (Fsp3) is 0.227. The highest BCUT2D eigenvalue weighted by Crippen LogP contribution is 2.46. The summed E-state index contributed by atoms with van der Waals surface area (Å²) < 4.78 is 17.4. The second-order valence-corrected chi connectivity index (χ2v) is 6.42. The average Bonchev–Trinajstić information content (AvgIpc) is 2.71. The smallest absolute Gasteiger partial charge is 0.303 e. The number of hydrogen-bond donors (Lipinski definition) is 1. The van der Waals surface area contributed by atoms with Gasteiger partial charge in [-0.2, -0.15) is 0 Å². The predicted molar refractivity (Wildman–Crippen MR) is 103 cm³/mol. The van der Waals surface area contributed by atoms with E-state index in [0.29, 0.717) is 31.1 Å². The highest BCUT2D eigenvalue weighted by atomic mass is 16.6. The molecule has 3 aromatic rings. The Labute approximate surface area is 157 Å². The lowest BCUT2D eigenvalue weighted by Gasteiger charge is -2.24. The van der Waals surface area contributed by atoms with Crippen molar-refractivity contribution in [3.63, 3.8) is 0 Å². The summed E-state index contributed by atoms with van der Waals surface area (Å²) in [5, 5.41) is 11.2. The first kappa shape index (κ1) is 17.2. The molecule has 138 valence electrons. The third-order valence-corrected chi connectivity index (χ3v) is 4.74. The van der Waals surface area contributed by atoms with E-state index in [0.717, 1.165) is 33.2 Å². The Morgan fingerprint density at radius 3 is 2.41 bits per heavy atom. The van der Waals surface area contributed by atoms with Crippen molar-refractivity contribution in [3.05, 3.63) is 54.1 Å². The summed E-state index contributed by atoms with van der Waals surface area (Å²) >= 11 is 0. The Balaban J connectivity index is 1.86. The SMILES string of the molecule is COc1cc2ccccc2cc1-c1ccc(CCC(=O)O)c2c1OCCO2. The molecule has 1 N–H and O–H groups in total. The molecule has 4 rings (SSSR count). The van der Waals surface area contributed by atoms with Crippen LogP contribution in [0.5, 0.6) is 17.2 Å². The van der Waals surface area contributed by atoms with Gasteiger partial charge < -0.3 is 19.3 Å². The normalized spacial score (nSPS) is 12.8. The van der Waals surface area contributed by atoms with Crippen molar-refractivity contribution in [3.8, 4) is 28.4 Å². The number of hydrogen-bond acceptors (Lipinski definition) is 4. The van der Waals surface area contributed by atoms with E-state index in [4.69, 9.17) is 19.3 Å². The van der Waals surface area contributed by atoms with Crippen molar-refractivity contribution in [1.82, 2.24) is 0 Å². The van der Waals surface area contributed by atoms with E-state index >= 15 is 0 Å². The van der Waals surface area contributed by atoms with Gasteiger partial charge in [-0.1, -0.05) is 30.3 Å². The molecule has 1 heterocycles. The molecule has 27 heavy (non-hydrogen) atoms. The van der Waals surface area contributed by atoms with Gasteiger partial charge in [0.15, 0.2) is 11.5 Å². The highest BCUT2D eigenvalue weighted by Gasteiger charge is 2.23. The molecule has 0 radical (unpaired) electrons. The number of carboxylic acid groups (broad SMARTS) is 1. The number of carboxylic acids is 1. The summed E-state index contributed by atoms with van der Waals surface area (Å²) in [5.74, 6) is 1.21. The third kappa shape index (κ3) is 3.28. The first-order chi connectivity index (χ1) is 13.2. The highest BCUT2D eigenvalue weighted by molar-refractivity contribution is 5.92. The Morgan fingerprint density at radius 1 is 1.00 bits per heavy atom. The van der Waals surface area contributed by atoms with Crippen molar-refractivity contribution in [2.45, 2.75) is 12.8 Å². The maximum atomic E-state index is 10.9. The molecule has 3 aromatic carbocycles. The van der Waals surface area contributed by atoms with Crippen LogP contribution in [0.1, 0.15) is 12.0 Å². The second-order valence-electron chi connectivity index (χ2n) is 6.42. The molecule has 5 heteroatoms. The largest absolute Gasteiger partial charge is 0.496 e. The molecule has 0 aromatic heterocycles. The minimum atomic E-state index is -0.833. The molecule has 0 unspecified atom stereocenters. The van der Waals surface area contributed by atoms with E-state index in [-0.39, 0.29) is 6.42 Å². The molecule has 0 saturated carbocycles. The van der Waals surface area contributed by atoms with Gasteiger partial charge in [-0.25, -0.2) is 0 Å². The van der Waals surface area contributed by atoms with Crippen LogP contribution >= 0.6 is 0 Å². The van der Waals surface area contributed by atoms with Gasteiger partial charge in [0.25, 0.3) is 0 Å². The molecule has 0 aliphatic carbocycles. The number of ether oxygens (including phenoxy) is 3. The standard InChI is InChI=1S/C22H20O5/c1-25-19-13-16-5-3-2-4-15(16)12-18(19)17-8-6-14(7-9-20(23)24)21-22(17)27-11-10-26-21/h2-6,8,12-13H,7,9-11H2,1H3,(H,23,24). The zero-order valence-electron chi connectivity index (χ0n) is 15.0. The van der Waals surface area contributed by atoms with Crippen molar-refractivity contribution < 1.29 is 24.1 Å². The van der Waals surface area contributed by atoms with Gasteiger partial charge >= 0.3 is 5.97 Å². The molecule has 1 aliphatic heterocycles. The molecule has 0 fully saturated rings. The Kier molecular flexibility index (Phi) is 4.59. The van der Waals surface area contributed by atoms with Gasteiger partial charge in [-0.15, -0.1) is 0 Å². The molecule has 5 nitrogen and oxygen atoms in total. The number of carbonyl (C=O) groups is 1. The fourth-order valence-electron chi connectivity index (χ4n) is 3.44. The number of aryl methyl sites for hydroxylation is 1. The number of rotatable bonds is 5. The van der Waals surface area contributed by atoms with Crippen LogP contribution in [0.4, 0.5) is 0 Å². The molecular weight excluding hydrogens is 344 g/mol. The minimum Gasteiger partial charge on any atom is -0.496 e. The summed E-state index contributed by atoms with van der Waals surface area (Å²) in [5.41, 5.74) is 2.64. The monoisotopic (exact) mass is 364 g/mol. The van der Waals surface area contributed by atoms with Crippen LogP contribution in [-0.2, 0) is 11.2 Å². The molecule has 0 atom stereocenters. The maximum absolute atomic E-state index is 10.9. The van der Waals surface area contributed by atoms with Crippen LogP contribution < -0.4 is 14.2 Å². The van der Waals surface area contributed by atoms with Gasteiger partial charge in [0, 0.05) is 17.5 Å². The van der Waals surface area contributed by atoms with Gasteiger partial charge in [0.1, 0.15) is 19.0 Å². The van der Waals surface area contributed by atoms with Crippen LogP contribution in [0.3, 0.4) is 0 Å². The summed E-state index contributed by atoms with van der Waals surface area (Å²) in [6.45, 7) is 0.906. The van der Waals surface area contributed by atoms with Gasteiger partial charge in [0.05, 0.1) is 7.11 Å². The Morgan fingerprint density at radius 2 is 1.70 bits per heavy atom. The van der Waals surface area contributed by atoms with E-state index in [1.807, 2.05) is 36.4 Å². The summed E-state index contributed by atoms with van der Waals surface area (Å²) in [4.78, 5) is 10.9. The molecule has 0 amide bonds. The lowest BCUT2D eigenvalue weighted by atomic mass is 9.96. The number of fused-ring (bicyclic) bond motifs is 2. The predicted octanol–water partition coefficient (Wildman–Crippen LogP) is 4.30. The van der Waals surface area contributed by atoms with Gasteiger partial charge in [-0.05, 0) is 41.0 Å². The molecule has 0 spiro atoms. The molecule has 0 saturated heterocycles. The van der Waals surface area contributed by atoms with Crippen LogP contribution in [0.15, 0.2) is 48.5 Å². The van der Waals surface area contributed by atoms with Crippen LogP contribution in [0, 0.1) is 0 Å². The van der Waals surface area contributed by atoms with E-state index in [2.05, 4.69) is 12.1 Å². The topological polar surface area (TPSA) is 65.0 Å². The van der Waals surface area contributed by atoms with Crippen molar-refractivity contribution in [2.24, 2.45) is 0 Å². The summed E-state index contributed by atoms with van der Waals surface area (Å²) in [6, 6.07) is 16.1. The lowest BCUT2D eigenvalue weighted by Crippen LogP contribution is -2.17. The van der Waals surface area contributed by atoms with Gasteiger partial charge in [-0.3, -0.25) is 4.79 Å². The Bertz CT molecular complexity index is 1010. The minimum absolute atomic E-state index is 0.0500. The van der Waals surface area contributed by atoms with E-state index < -0.39 is 5.97 Å². The van der Waals surface area contributed by atoms with Crippen molar-refractivity contribution in [2.75, 3.05) is 20.3 Å². The fourth-order valence-corrected chi connectivity index (χ4v) is 3.44. The number of benzene rings is 3. The lowest BCUT2D eigenvalue weighted by molar-refractivity contribution is -0.136. The third-order valence-electron chi connectivity index (χ3n) is 4.74. The van der Waals surface area contributed by atoms with Crippen molar-refractivity contribution >= 4 is 16.7 Å². The van der Waals surface area contributed by atoms with Crippen LogP contribution in [-0.4, -0.2) is 31.4 Å². The summed E-state index contributed by atoms with van der Waals surface area (Å²) in [7, 11) is 1.65. The zero-order valence-corrected chi connectivity index (χ0v) is 15.0. The summed E-state index contributed by atoms with van der Waals surface area (Å²) in [6.07, 6.45) is 0.449. The van der Waals surface area contributed by atoms with Crippen LogP contribution in [0.2, 0.25) is 0 Å². The van der Waals surface area contributed by atoms with Crippen molar-refractivity contribution in [1.29, 1.82) is 0 Å². The Hall–Kier alpha value is -3.21.